The Labute approximate surface area is 113 Å². The van der Waals surface area contributed by atoms with Gasteiger partial charge in [-0.2, -0.15) is 5.10 Å². The number of aliphatic hydroxyl groups excluding tert-OH is 1. The fourth-order valence-corrected chi connectivity index (χ4v) is 1.90. The van der Waals surface area contributed by atoms with Crippen molar-refractivity contribution in [2.45, 2.75) is 78.1 Å². The van der Waals surface area contributed by atoms with E-state index in [1.807, 2.05) is 0 Å². The highest BCUT2D eigenvalue weighted by Crippen LogP contribution is 2.04. The smallest absolute Gasteiger partial charge is 0.0431 e. The lowest BCUT2D eigenvalue weighted by Gasteiger charge is -2.03. The third-order valence-corrected chi connectivity index (χ3v) is 3.11. The van der Waals surface area contributed by atoms with Crippen LogP contribution in [0.25, 0.3) is 0 Å². The van der Waals surface area contributed by atoms with Gasteiger partial charge in [-0.1, -0.05) is 45.4 Å². The predicted octanol–water partition coefficient (Wildman–Crippen LogP) is 3.87. The number of hydrogen-bond acceptors (Lipinski definition) is 3. The summed E-state index contributed by atoms with van der Waals surface area (Å²) >= 11 is 0. The van der Waals surface area contributed by atoms with Crippen LogP contribution < -0.4 is 5.43 Å². The van der Waals surface area contributed by atoms with Gasteiger partial charge in [-0.15, -0.1) is 0 Å². The molecule has 0 aliphatic carbocycles. The fourth-order valence-electron chi connectivity index (χ4n) is 1.90. The molecule has 0 atom stereocenters. The molecule has 2 N–H and O–H groups in total. The fraction of sp³-hybridized carbons (Fsp3) is 0.933. The molecule has 0 amide bonds. The Morgan fingerprint density at radius 3 is 2.33 bits per heavy atom. The van der Waals surface area contributed by atoms with Crippen LogP contribution >= 0.6 is 0 Å². The van der Waals surface area contributed by atoms with Gasteiger partial charge in [0.25, 0.3) is 0 Å². The number of unbranched alkanes of at least 4 members (excludes halogenated alkanes) is 7. The summed E-state index contributed by atoms with van der Waals surface area (Å²) in [7, 11) is 0. The quantitative estimate of drug-likeness (QED) is 0.298. The van der Waals surface area contributed by atoms with E-state index in [-0.39, 0.29) is 0 Å². The number of hydrazone groups is 1. The van der Waals surface area contributed by atoms with Crippen molar-refractivity contribution < 1.29 is 5.11 Å². The van der Waals surface area contributed by atoms with Gasteiger partial charge in [0.15, 0.2) is 0 Å². The maximum Gasteiger partial charge on any atom is 0.0431 e. The van der Waals surface area contributed by atoms with Gasteiger partial charge in [0.05, 0.1) is 0 Å². The van der Waals surface area contributed by atoms with Crippen LogP contribution in [0.5, 0.6) is 0 Å². The molecule has 0 heterocycles. The van der Waals surface area contributed by atoms with E-state index in [2.05, 4.69) is 24.4 Å². The molecule has 0 saturated carbocycles. The topological polar surface area (TPSA) is 44.6 Å². The average molecular weight is 256 g/mol. The summed E-state index contributed by atoms with van der Waals surface area (Å²) in [6, 6.07) is 0. The minimum absolute atomic E-state index is 0.312. The second-order valence-electron chi connectivity index (χ2n) is 5.06. The summed E-state index contributed by atoms with van der Waals surface area (Å²) in [5, 5.41) is 13.0. The second kappa shape index (κ2) is 14.5. The van der Waals surface area contributed by atoms with Crippen molar-refractivity contribution in [1.82, 2.24) is 5.43 Å². The molecule has 0 aliphatic rings. The molecule has 18 heavy (non-hydrogen) atoms. The van der Waals surface area contributed by atoms with Crippen LogP contribution in [0.4, 0.5) is 0 Å². The van der Waals surface area contributed by atoms with Crippen molar-refractivity contribution in [3.63, 3.8) is 0 Å². The predicted molar refractivity (Wildman–Crippen MR) is 80.0 cm³/mol. The SMILES string of the molecule is CCCCCCCCN/N=C(/C)CCCCCO. The maximum absolute atomic E-state index is 8.67. The Morgan fingerprint density at radius 1 is 0.944 bits per heavy atom. The number of nitrogens with one attached hydrogen (secondary N) is 1. The van der Waals surface area contributed by atoms with E-state index in [1.54, 1.807) is 0 Å². The van der Waals surface area contributed by atoms with E-state index < -0.39 is 0 Å². The third kappa shape index (κ3) is 13.5. The van der Waals surface area contributed by atoms with Gasteiger partial charge in [0.1, 0.15) is 0 Å². The highest BCUT2D eigenvalue weighted by Gasteiger charge is 1.93. The summed E-state index contributed by atoms with van der Waals surface area (Å²) in [5.74, 6) is 0. The van der Waals surface area contributed by atoms with E-state index >= 15 is 0 Å². The summed E-state index contributed by atoms with van der Waals surface area (Å²) in [6.45, 7) is 5.64. The zero-order valence-electron chi connectivity index (χ0n) is 12.4. The molecule has 3 nitrogen and oxygen atoms in total. The monoisotopic (exact) mass is 256 g/mol. The van der Waals surface area contributed by atoms with Crippen LogP contribution in [-0.2, 0) is 0 Å². The van der Waals surface area contributed by atoms with Gasteiger partial charge in [-0.25, -0.2) is 0 Å². The molecule has 0 spiro atoms. The first kappa shape index (κ1) is 17.4. The maximum atomic E-state index is 8.67. The van der Waals surface area contributed by atoms with Crippen molar-refractivity contribution in [3.8, 4) is 0 Å². The Bertz CT molecular complexity index is 193. The van der Waals surface area contributed by atoms with Crippen LogP contribution in [0, 0.1) is 0 Å². The van der Waals surface area contributed by atoms with E-state index in [9.17, 15) is 0 Å². The highest BCUT2D eigenvalue weighted by atomic mass is 16.2. The molecular formula is C15H32N2O. The van der Waals surface area contributed by atoms with Gasteiger partial charge in [0, 0.05) is 18.9 Å². The van der Waals surface area contributed by atoms with Crippen molar-refractivity contribution >= 4 is 5.71 Å². The lowest BCUT2D eigenvalue weighted by molar-refractivity contribution is 0.283. The van der Waals surface area contributed by atoms with Crippen LogP contribution in [0.15, 0.2) is 5.10 Å². The molecule has 0 saturated heterocycles. The summed E-state index contributed by atoms with van der Waals surface area (Å²) < 4.78 is 0. The van der Waals surface area contributed by atoms with Crippen molar-refractivity contribution in [2.24, 2.45) is 5.10 Å². The average Bonchev–Trinajstić information content (AvgIpc) is 2.38. The molecule has 0 rings (SSSR count). The summed E-state index contributed by atoms with van der Waals surface area (Å²) in [6.07, 6.45) is 12.2. The molecule has 0 bridgehead atoms. The van der Waals surface area contributed by atoms with Crippen molar-refractivity contribution in [2.75, 3.05) is 13.2 Å². The summed E-state index contributed by atoms with van der Waals surface area (Å²) in [5.41, 5.74) is 4.34. The van der Waals surface area contributed by atoms with E-state index in [1.165, 1.54) is 44.2 Å². The lowest BCUT2D eigenvalue weighted by atomic mass is 10.1. The standard InChI is InChI=1S/C15H32N2O/c1-3-4-5-6-7-10-13-16-17-15(2)12-9-8-11-14-18/h16,18H,3-14H2,1-2H3/b17-15-. The molecule has 108 valence electrons. The molecule has 0 radical (unpaired) electrons. The Balaban J connectivity index is 3.23. The molecule has 0 fully saturated rings. The van der Waals surface area contributed by atoms with Gasteiger partial charge < -0.3 is 10.5 Å². The number of aliphatic hydroxyl groups is 1. The molecule has 0 aliphatic heterocycles. The highest BCUT2D eigenvalue weighted by molar-refractivity contribution is 5.81. The van der Waals surface area contributed by atoms with Crippen LogP contribution in [-0.4, -0.2) is 24.0 Å². The Morgan fingerprint density at radius 2 is 1.61 bits per heavy atom. The first-order valence-corrected chi connectivity index (χ1v) is 7.68. The van der Waals surface area contributed by atoms with Crippen LogP contribution in [0.3, 0.4) is 0 Å². The second-order valence-corrected chi connectivity index (χ2v) is 5.06. The zero-order chi connectivity index (χ0) is 13.5. The van der Waals surface area contributed by atoms with Gasteiger partial charge in [-0.05, 0) is 32.6 Å². The number of rotatable bonds is 13. The van der Waals surface area contributed by atoms with Crippen LogP contribution in [0.1, 0.15) is 78.1 Å². The Kier molecular flexibility index (Phi) is 14.0. The van der Waals surface area contributed by atoms with E-state index in [4.69, 9.17) is 5.11 Å². The normalized spacial score (nSPS) is 11.8. The molecule has 0 aromatic heterocycles. The molecule has 0 unspecified atom stereocenters. The third-order valence-electron chi connectivity index (χ3n) is 3.11. The summed E-state index contributed by atoms with van der Waals surface area (Å²) in [4.78, 5) is 0. The molecular weight excluding hydrogens is 224 g/mol. The lowest BCUT2D eigenvalue weighted by Crippen LogP contribution is -2.10. The van der Waals surface area contributed by atoms with Crippen molar-refractivity contribution in [3.05, 3.63) is 0 Å². The number of hydrogen-bond donors (Lipinski definition) is 2. The van der Waals surface area contributed by atoms with E-state index in [0.717, 1.165) is 32.2 Å². The minimum Gasteiger partial charge on any atom is -0.396 e. The Hall–Kier alpha value is -0.570. The zero-order valence-corrected chi connectivity index (χ0v) is 12.4. The largest absolute Gasteiger partial charge is 0.396 e. The molecule has 0 aromatic carbocycles. The first-order chi connectivity index (χ1) is 8.81. The molecule has 3 heteroatoms. The van der Waals surface area contributed by atoms with Gasteiger partial charge in [-0.3, -0.25) is 0 Å². The number of nitrogens with zero attached hydrogens (tertiary/aromatic N) is 1. The van der Waals surface area contributed by atoms with Crippen molar-refractivity contribution in [1.29, 1.82) is 0 Å². The van der Waals surface area contributed by atoms with E-state index in [0.29, 0.717) is 6.61 Å². The van der Waals surface area contributed by atoms with Crippen LogP contribution in [0.2, 0.25) is 0 Å². The first-order valence-electron chi connectivity index (χ1n) is 7.68. The van der Waals surface area contributed by atoms with Gasteiger partial charge in [0.2, 0.25) is 0 Å². The minimum atomic E-state index is 0.312. The van der Waals surface area contributed by atoms with Gasteiger partial charge >= 0.3 is 0 Å². The molecule has 0 aromatic rings.